The molecule has 0 spiro atoms. The molecule has 1 aliphatic rings. The maximum atomic E-state index is 13.0. The molecule has 0 fully saturated rings. The fourth-order valence-electron chi connectivity index (χ4n) is 5.07. The number of hydrogen-bond donors (Lipinski definition) is 2. The molecule has 0 atom stereocenters. The molecule has 0 bridgehead atoms. The van der Waals surface area contributed by atoms with Crippen LogP contribution in [-0.2, 0) is 11.3 Å². The number of benzene rings is 2. The molecule has 0 unspecified atom stereocenters. The lowest BCUT2D eigenvalue weighted by Gasteiger charge is -2.17. The number of hydrogen-bond acceptors (Lipinski definition) is 5. The third-order valence-corrected chi connectivity index (χ3v) is 7.70. The fourth-order valence-corrected chi connectivity index (χ4v) is 5.07. The predicted octanol–water partition coefficient (Wildman–Crippen LogP) is 5.93. The second-order valence-electron chi connectivity index (χ2n) is 10.9. The summed E-state index contributed by atoms with van der Waals surface area (Å²) in [6.45, 7) is 12.7. The summed E-state index contributed by atoms with van der Waals surface area (Å²) in [6.07, 6.45) is 6.99. The number of aromatic amines is 1. The van der Waals surface area contributed by atoms with Crippen LogP contribution in [0.5, 0.6) is 5.75 Å². The van der Waals surface area contributed by atoms with Crippen LogP contribution in [0.4, 0.5) is 0 Å². The van der Waals surface area contributed by atoms with Crippen molar-refractivity contribution in [1.82, 2.24) is 25.0 Å². The summed E-state index contributed by atoms with van der Waals surface area (Å²) in [4.78, 5) is 31.5. The van der Waals surface area contributed by atoms with Gasteiger partial charge in [-0.1, -0.05) is 58.0 Å². The number of carbonyl (C=O) groups is 2. The molecule has 0 aliphatic heterocycles. The number of fused-ring (bicyclic) bond motifs is 1. The van der Waals surface area contributed by atoms with Crippen LogP contribution in [0, 0.1) is 0 Å². The van der Waals surface area contributed by atoms with Crippen LogP contribution in [0.15, 0.2) is 78.8 Å². The number of H-pyrrole nitrogens is 1. The van der Waals surface area contributed by atoms with Crippen molar-refractivity contribution in [2.45, 2.75) is 46.6 Å². The first-order valence-corrected chi connectivity index (χ1v) is 14.7. The number of aromatic nitrogens is 3. The summed E-state index contributed by atoms with van der Waals surface area (Å²) >= 11 is 0. The molecule has 1 amide bonds. The van der Waals surface area contributed by atoms with Gasteiger partial charge in [-0.15, -0.1) is 0 Å². The minimum absolute atomic E-state index is 0.00782. The Morgan fingerprint density at radius 2 is 1.90 bits per heavy atom. The van der Waals surface area contributed by atoms with Gasteiger partial charge in [0.15, 0.2) is 5.78 Å². The Morgan fingerprint density at radius 1 is 1.12 bits per heavy atom. The summed E-state index contributed by atoms with van der Waals surface area (Å²) in [5.74, 6) is 1.00. The van der Waals surface area contributed by atoms with E-state index in [9.17, 15) is 9.59 Å². The predicted molar refractivity (Wildman–Crippen MR) is 167 cm³/mol. The number of Topliss-reactive ketones (excluding diaryl/α,β-unsaturated/α-hetero) is 1. The Hall–Kier alpha value is -4.43. The third-order valence-electron chi connectivity index (χ3n) is 7.70. The van der Waals surface area contributed by atoms with Crippen molar-refractivity contribution in [3.05, 3.63) is 101 Å². The first kappa shape index (κ1) is 29.1. The molecule has 5 rings (SSSR count). The first-order chi connectivity index (χ1) is 20.3. The second-order valence-corrected chi connectivity index (χ2v) is 10.9. The summed E-state index contributed by atoms with van der Waals surface area (Å²) in [7, 11) is 0. The average Bonchev–Trinajstić information content (AvgIpc) is 3.63. The van der Waals surface area contributed by atoms with Crippen molar-refractivity contribution < 1.29 is 14.3 Å². The zero-order valence-electron chi connectivity index (χ0n) is 24.8. The highest BCUT2D eigenvalue weighted by molar-refractivity contribution is 6.23. The number of amides is 1. The normalized spacial score (nSPS) is 13.5. The number of nitrogens with zero attached hydrogens (tertiary/aromatic N) is 3. The number of carbonyl (C=O) groups excluding carboxylic acids is 2. The van der Waals surface area contributed by atoms with Crippen LogP contribution < -0.4 is 10.1 Å². The van der Waals surface area contributed by atoms with Crippen LogP contribution in [0.2, 0.25) is 0 Å². The summed E-state index contributed by atoms with van der Waals surface area (Å²) in [6, 6.07) is 16.3. The summed E-state index contributed by atoms with van der Waals surface area (Å²) < 4.78 is 7.73. The van der Waals surface area contributed by atoms with Gasteiger partial charge in [-0.3, -0.25) is 14.3 Å². The average molecular weight is 566 g/mol. The first-order valence-electron chi connectivity index (χ1n) is 14.7. The van der Waals surface area contributed by atoms with Crippen molar-refractivity contribution >= 4 is 28.2 Å². The van der Waals surface area contributed by atoms with E-state index in [0.717, 1.165) is 41.9 Å². The highest BCUT2D eigenvalue weighted by Gasteiger charge is 2.20. The zero-order chi connectivity index (χ0) is 29.6. The lowest BCUT2D eigenvalue weighted by atomic mass is 9.98. The second kappa shape index (κ2) is 13.0. The van der Waals surface area contributed by atoms with Crippen molar-refractivity contribution in [2.75, 3.05) is 26.2 Å². The van der Waals surface area contributed by atoms with Gasteiger partial charge in [0.1, 0.15) is 12.4 Å². The molecule has 8 nitrogen and oxygen atoms in total. The maximum Gasteiger partial charge on any atom is 0.258 e. The fraction of sp³-hybridized carbons (Fsp3) is 0.324. The molecule has 218 valence electrons. The Kier molecular flexibility index (Phi) is 9.03. The van der Waals surface area contributed by atoms with Gasteiger partial charge >= 0.3 is 0 Å². The van der Waals surface area contributed by atoms with Gasteiger partial charge in [0.05, 0.1) is 24.0 Å². The van der Waals surface area contributed by atoms with Crippen molar-refractivity contribution in [3.63, 3.8) is 0 Å². The molecule has 1 aliphatic carbocycles. The molecule has 8 heteroatoms. The number of ether oxygens (including phenoxy) is 1. The molecular weight excluding hydrogens is 526 g/mol. The highest BCUT2D eigenvalue weighted by atomic mass is 16.5. The number of rotatable bonds is 12. The molecule has 42 heavy (non-hydrogen) atoms. The topological polar surface area (TPSA) is 92.2 Å². The van der Waals surface area contributed by atoms with E-state index in [2.05, 4.69) is 72.3 Å². The largest absolute Gasteiger partial charge is 0.492 e. The van der Waals surface area contributed by atoms with E-state index in [1.54, 1.807) is 29.2 Å². The summed E-state index contributed by atoms with van der Waals surface area (Å²) in [5.41, 5.74) is 5.62. The highest BCUT2D eigenvalue weighted by Crippen LogP contribution is 2.28. The van der Waals surface area contributed by atoms with E-state index < -0.39 is 0 Å². The van der Waals surface area contributed by atoms with Crippen molar-refractivity contribution in [2.24, 2.45) is 0 Å². The molecular formula is C34H39N5O3. The van der Waals surface area contributed by atoms with E-state index in [0.29, 0.717) is 41.6 Å². The van der Waals surface area contributed by atoms with E-state index in [-0.39, 0.29) is 18.1 Å². The van der Waals surface area contributed by atoms with Gasteiger partial charge in [0.2, 0.25) is 0 Å². The number of ketones is 1. The Bertz CT molecular complexity index is 1620. The summed E-state index contributed by atoms with van der Waals surface area (Å²) in [5, 5.41) is 8.28. The quantitative estimate of drug-likeness (QED) is 0.222. The Labute approximate surface area is 247 Å². The molecule has 0 saturated carbocycles. The smallest absolute Gasteiger partial charge is 0.258 e. The van der Waals surface area contributed by atoms with Gasteiger partial charge in [0, 0.05) is 41.3 Å². The van der Waals surface area contributed by atoms with Crippen LogP contribution in [0.25, 0.3) is 16.5 Å². The van der Waals surface area contributed by atoms with Crippen LogP contribution in [-0.4, -0.2) is 57.6 Å². The third kappa shape index (κ3) is 6.89. The van der Waals surface area contributed by atoms with Crippen LogP contribution in [0.1, 0.15) is 67.2 Å². The van der Waals surface area contributed by atoms with E-state index in [1.807, 2.05) is 24.3 Å². The molecule has 2 aromatic heterocycles. The molecule has 2 N–H and O–H groups in total. The van der Waals surface area contributed by atoms with Crippen LogP contribution in [0.3, 0.4) is 0 Å². The maximum absolute atomic E-state index is 13.0. The monoisotopic (exact) mass is 565 g/mol. The number of nitrogens with one attached hydrogen (secondary N) is 2. The number of allylic oxidation sites excluding steroid dienone is 3. The van der Waals surface area contributed by atoms with Gasteiger partial charge in [-0.25, -0.2) is 0 Å². The van der Waals surface area contributed by atoms with E-state index >= 15 is 0 Å². The van der Waals surface area contributed by atoms with Gasteiger partial charge in [0.25, 0.3) is 5.91 Å². The van der Waals surface area contributed by atoms with E-state index in [1.165, 1.54) is 5.56 Å². The van der Waals surface area contributed by atoms with Gasteiger partial charge in [-0.2, -0.15) is 5.10 Å². The van der Waals surface area contributed by atoms with Gasteiger partial charge in [-0.05, 0) is 60.5 Å². The van der Waals surface area contributed by atoms with Crippen molar-refractivity contribution in [1.29, 1.82) is 0 Å². The minimum Gasteiger partial charge on any atom is -0.492 e. The van der Waals surface area contributed by atoms with Gasteiger partial charge < -0.3 is 19.9 Å². The Balaban J connectivity index is 1.24. The SMILES string of the molecule is CCN(CC)CCOc1ccc2[nH]c(C3=CC(NC(=O)c4cnn(Cc5ccc(C(C)C)cc5)c4)=CCC3=O)cc2c1. The minimum atomic E-state index is -0.268. The lowest BCUT2D eigenvalue weighted by Crippen LogP contribution is -2.27. The molecule has 0 radical (unpaired) electrons. The lowest BCUT2D eigenvalue weighted by molar-refractivity contribution is -0.113. The van der Waals surface area contributed by atoms with E-state index in [4.69, 9.17) is 4.74 Å². The molecule has 4 aromatic rings. The molecule has 2 heterocycles. The zero-order valence-corrected chi connectivity index (χ0v) is 24.8. The standard InChI is InChI=1S/C34H39N5O3/c1-5-38(6-2)15-16-42-29-12-13-31-26(17-29)18-32(37-31)30-19-28(11-14-33(30)40)36-34(41)27-20-35-39(22-27)21-24-7-9-25(10-8-24)23(3)4/h7-13,17-20,22-23,37H,5-6,14-16,21H2,1-4H3,(H,36,41). The molecule has 2 aromatic carbocycles. The number of likely N-dealkylation sites (N-methyl/N-ethyl adjacent to an activating group) is 1. The van der Waals surface area contributed by atoms with Crippen molar-refractivity contribution in [3.8, 4) is 5.75 Å². The Morgan fingerprint density at radius 3 is 2.64 bits per heavy atom. The van der Waals surface area contributed by atoms with Crippen LogP contribution >= 0.6 is 0 Å². The molecule has 0 saturated heterocycles.